The van der Waals surface area contributed by atoms with Gasteiger partial charge in [0.05, 0.1) is 13.4 Å². The lowest BCUT2D eigenvalue weighted by molar-refractivity contribution is 0.415. The first-order chi connectivity index (χ1) is 17.7. The van der Waals surface area contributed by atoms with Crippen molar-refractivity contribution < 1.29 is 4.74 Å². The largest absolute Gasteiger partial charge is 0.497 e. The Hall–Kier alpha value is -3.81. The van der Waals surface area contributed by atoms with Crippen molar-refractivity contribution in [2.75, 3.05) is 48.4 Å². The molecule has 0 unspecified atom stereocenters. The maximum Gasteiger partial charge on any atom is 0.229 e. The van der Waals surface area contributed by atoms with Crippen LogP contribution >= 0.6 is 0 Å². The molecule has 1 aliphatic rings. The minimum atomic E-state index is 0.0601. The molecule has 37 heavy (non-hydrogen) atoms. The van der Waals surface area contributed by atoms with Gasteiger partial charge in [0.15, 0.2) is 11.5 Å². The highest BCUT2D eigenvalue weighted by Gasteiger charge is 2.22. The first-order valence-electron chi connectivity index (χ1n) is 12.9. The van der Waals surface area contributed by atoms with Crippen molar-refractivity contribution >= 4 is 34.3 Å². The van der Waals surface area contributed by atoms with Gasteiger partial charge in [0.1, 0.15) is 11.3 Å². The second-order valence-electron chi connectivity index (χ2n) is 10.8. The topological polar surface area (TPSA) is 71.3 Å². The molecule has 2 aromatic heterocycles. The van der Waals surface area contributed by atoms with Crippen LogP contribution < -0.4 is 19.9 Å². The SMILES string of the molecule is COc1ccc(N2CCCN(c3nc(Nc4cc(C(C)(C)C)ccc4C)c4c(ncn4C)n3)CC2)cc1. The number of nitrogens with one attached hydrogen (secondary N) is 1. The van der Waals surface area contributed by atoms with Gasteiger partial charge in [-0.15, -0.1) is 0 Å². The van der Waals surface area contributed by atoms with Crippen LogP contribution in [0.3, 0.4) is 0 Å². The summed E-state index contributed by atoms with van der Waals surface area (Å²) in [6.45, 7) is 12.4. The molecule has 5 rings (SSSR count). The number of imidazole rings is 1. The van der Waals surface area contributed by atoms with Gasteiger partial charge in [-0.05, 0) is 60.2 Å². The number of ether oxygens (including phenoxy) is 1. The van der Waals surface area contributed by atoms with Crippen LogP contribution in [-0.4, -0.2) is 52.8 Å². The number of aryl methyl sites for hydroxylation is 2. The zero-order valence-electron chi connectivity index (χ0n) is 22.7. The van der Waals surface area contributed by atoms with E-state index in [1.807, 2.05) is 23.7 Å². The van der Waals surface area contributed by atoms with E-state index in [1.165, 1.54) is 16.8 Å². The number of rotatable bonds is 5. The predicted octanol–water partition coefficient (Wildman–Crippen LogP) is 5.44. The molecule has 8 heteroatoms. The fourth-order valence-corrected chi connectivity index (χ4v) is 4.79. The zero-order valence-corrected chi connectivity index (χ0v) is 22.7. The average Bonchev–Trinajstić information content (AvgIpc) is 3.09. The van der Waals surface area contributed by atoms with E-state index in [9.17, 15) is 0 Å². The molecule has 0 radical (unpaired) electrons. The summed E-state index contributed by atoms with van der Waals surface area (Å²) in [6.07, 6.45) is 2.83. The summed E-state index contributed by atoms with van der Waals surface area (Å²) in [5.74, 6) is 2.38. The van der Waals surface area contributed by atoms with Crippen molar-refractivity contribution in [3.05, 3.63) is 59.9 Å². The summed E-state index contributed by atoms with van der Waals surface area (Å²) in [4.78, 5) is 19.2. The number of anilines is 4. The molecule has 4 aromatic rings. The second-order valence-corrected chi connectivity index (χ2v) is 10.8. The van der Waals surface area contributed by atoms with Crippen LogP contribution in [0.25, 0.3) is 11.2 Å². The van der Waals surface area contributed by atoms with Gasteiger partial charge in [-0.2, -0.15) is 9.97 Å². The van der Waals surface area contributed by atoms with Gasteiger partial charge < -0.3 is 24.4 Å². The summed E-state index contributed by atoms with van der Waals surface area (Å²) in [5, 5.41) is 3.63. The third-order valence-electron chi connectivity index (χ3n) is 7.13. The molecule has 0 amide bonds. The number of nitrogens with zero attached hydrogens (tertiary/aromatic N) is 6. The van der Waals surface area contributed by atoms with Crippen LogP contribution in [0, 0.1) is 6.92 Å². The molecular formula is C29H37N7O. The van der Waals surface area contributed by atoms with E-state index in [0.717, 1.165) is 61.3 Å². The van der Waals surface area contributed by atoms with Crippen LogP contribution in [-0.2, 0) is 12.5 Å². The van der Waals surface area contributed by atoms with E-state index in [4.69, 9.17) is 14.7 Å². The highest BCUT2D eigenvalue weighted by molar-refractivity contribution is 5.87. The van der Waals surface area contributed by atoms with E-state index in [1.54, 1.807) is 13.4 Å². The van der Waals surface area contributed by atoms with Gasteiger partial charge in [-0.1, -0.05) is 32.9 Å². The molecule has 1 fully saturated rings. The van der Waals surface area contributed by atoms with Crippen LogP contribution in [0.1, 0.15) is 38.3 Å². The van der Waals surface area contributed by atoms with E-state index in [-0.39, 0.29) is 5.41 Å². The molecule has 1 aliphatic heterocycles. The zero-order chi connectivity index (χ0) is 26.2. The molecular weight excluding hydrogens is 462 g/mol. The second kappa shape index (κ2) is 9.92. The van der Waals surface area contributed by atoms with Gasteiger partial charge in [-0.25, -0.2) is 4.98 Å². The van der Waals surface area contributed by atoms with E-state index in [0.29, 0.717) is 5.65 Å². The van der Waals surface area contributed by atoms with Crippen LogP contribution in [0.5, 0.6) is 5.75 Å². The number of methoxy groups -OCH3 is 1. The molecule has 0 atom stereocenters. The molecule has 194 valence electrons. The third-order valence-corrected chi connectivity index (χ3v) is 7.13. The summed E-state index contributed by atoms with van der Waals surface area (Å²) < 4.78 is 7.30. The Morgan fingerprint density at radius 3 is 2.38 bits per heavy atom. The minimum absolute atomic E-state index is 0.0601. The highest BCUT2D eigenvalue weighted by Crippen LogP contribution is 2.31. The van der Waals surface area contributed by atoms with Gasteiger partial charge in [-0.3, -0.25) is 0 Å². The van der Waals surface area contributed by atoms with Crippen molar-refractivity contribution in [3.8, 4) is 5.75 Å². The first kappa shape index (κ1) is 24.9. The Kier molecular flexibility index (Phi) is 6.67. The fourth-order valence-electron chi connectivity index (χ4n) is 4.79. The molecule has 1 saturated heterocycles. The van der Waals surface area contributed by atoms with Crippen LogP contribution in [0.4, 0.5) is 23.1 Å². The van der Waals surface area contributed by atoms with E-state index in [2.05, 4.69) is 78.1 Å². The first-order valence-corrected chi connectivity index (χ1v) is 12.9. The maximum absolute atomic E-state index is 5.32. The van der Waals surface area contributed by atoms with Crippen molar-refractivity contribution in [3.63, 3.8) is 0 Å². The Morgan fingerprint density at radius 2 is 1.65 bits per heavy atom. The van der Waals surface area contributed by atoms with Crippen molar-refractivity contribution in [1.29, 1.82) is 0 Å². The Balaban J connectivity index is 1.44. The fraction of sp³-hybridized carbons (Fsp3) is 0.414. The normalized spacial score (nSPS) is 14.6. The molecule has 0 saturated carbocycles. The number of benzene rings is 2. The summed E-state index contributed by atoms with van der Waals surface area (Å²) in [6, 6.07) is 14.9. The maximum atomic E-state index is 5.32. The molecule has 0 bridgehead atoms. The number of aromatic nitrogens is 4. The van der Waals surface area contributed by atoms with Crippen LogP contribution in [0.2, 0.25) is 0 Å². The summed E-state index contributed by atoms with van der Waals surface area (Å²) >= 11 is 0. The van der Waals surface area contributed by atoms with Gasteiger partial charge in [0.2, 0.25) is 5.95 Å². The summed E-state index contributed by atoms with van der Waals surface area (Å²) in [7, 11) is 3.68. The van der Waals surface area contributed by atoms with Crippen molar-refractivity contribution in [2.24, 2.45) is 7.05 Å². The van der Waals surface area contributed by atoms with E-state index < -0.39 is 0 Å². The van der Waals surface area contributed by atoms with Gasteiger partial charge >= 0.3 is 0 Å². The quantitative estimate of drug-likeness (QED) is 0.392. The predicted molar refractivity (Wildman–Crippen MR) is 152 cm³/mol. The van der Waals surface area contributed by atoms with Gasteiger partial charge in [0, 0.05) is 44.6 Å². The number of fused-ring (bicyclic) bond motifs is 1. The molecule has 2 aromatic carbocycles. The van der Waals surface area contributed by atoms with E-state index >= 15 is 0 Å². The smallest absolute Gasteiger partial charge is 0.229 e. The molecule has 0 spiro atoms. The van der Waals surface area contributed by atoms with Crippen molar-refractivity contribution in [1.82, 2.24) is 19.5 Å². The molecule has 1 N–H and O–H groups in total. The molecule has 8 nitrogen and oxygen atoms in total. The Labute approximate surface area is 219 Å². The minimum Gasteiger partial charge on any atom is -0.497 e. The lowest BCUT2D eigenvalue weighted by atomic mass is 9.86. The number of hydrogen-bond donors (Lipinski definition) is 1. The van der Waals surface area contributed by atoms with Gasteiger partial charge in [0.25, 0.3) is 0 Å². The van der Waals surface area contributed by atoms with Crippen LogP contribution in [0.15, 0.2) is 48.8 Å². The lowest BCUT2D eigenvalue weighted by Crippen LogP contribution is -2.31. The Morgan fingerprint density at radius 1 is 0.919 bits per heavy atom. The van der Waals surface area contributed by atoms with Crippen molar-refractivity contribution in [2.45, 2.75) is 39.5 Å². The summed E-state index contributed by atoms with van der Waals surface area (Å²) in [5.41, 5.74) is 6.39. The molecule has 0 aliphatic carbocycles. The lowest BCUT2D eigenvalue weighted by Gasteiger charge is -2.24. The Bertz CT molecular complexity index is 1390. The standard InChI is InChI=1S/C29H37N7O/c1-20-8-9-21(29(2,3)4)18-24(20)31-27-25-26(30-19-34(25)5)32-28(33-27)36-15-7-14-35(16-17-36)22-10-12-23(37-6)13-11-22/h8-13,18-19H,7,14-17H2,1-6H3,(H,31,32,33). The number of hydrogen-bond acceptors (Lipinski definition) is 7. The average molecular weight is 500 g/mol. The monoisotopic (exact) mass is 499 g/mol. The molecule has 3 heterocycles. The highest BCUT2D eigenvalue weighted by atomic mass is 16.5. The third kappa shape index (κ3) is 5.19.